The Morgan fingerprint density at radius 1 is 1.30 bits per heavy atom. The van der Waals surface area contributed by atoms with Gasteiger partial charge in [0.25, 0.3) is 0 Å². The van der Waals surface area contributed by atoms with Gasteiger partial charge in [0.05, 0.1) is 17.5 Å². The lowest BCUT2D eigenvalue weighted by atomic mass is 10.00. The average molecular weight is 402 g/mol. The largest absolute Gasteiger partial charge is 0.419 e. The number of nitriles is 1. The van der Waals surface area contributed by atoms with Crippen LogP contribution < -0.4 is 16.4 Å². The van der Waals surface area contributed by atoms with E-state index < -0.39 is 6.04 Å². The highest BCUT2D eigenvalue weighted by Crippen LogP contribution is 2.24. The van der Waals surface area contributed by atoms with Crippen LogP contribution >= 0.6 is 0 Å². The van der Waals surface area contributed by atoms with Crippen LogP contribution in [0.2, 0.25) is 0 Å². The second-order valence-corrected chi connectivity index (χ2v) is 7.39. The Kier molecular flexibility index (Phi) is 5.50. The molecule has 0 bridgehead atoms. The maximum absolute atomic E-state index is 12.3. The number of hydrogen-bond acceptors (Lipinski definition) is 5. The number of hydrogen-bond donors (Lipinski definition) is 2. The van der Waals surface area contributed by atoms with Crippen molar-refractivity contribution in [2.45, 2.75) is 12.5 Å². The fraction of sp³-hybridized carbons (Fsp3) is 0.261. The number of oxazole rings is 1. The number of rotatable bonds is 5. The number of carbonyl (C=O) groups is 1. The number of carbonyl (C=O) groups excluding carboxylic acids is 1. The summed E-state index contributed by atoms with van der Waals surface area (Å²) in [7, 11) is 1.68. The molecule has 0 spiro atoms. The van der Waals surface area contributed by atoms with Crippen LogP contribution in [0.4, 0.5) is 0 Å². The molecule has 1 aliphatic rings. The van der Waals surface area contributed by atoms with Gasteiger partial charge in [0, 0.05) is 26.6 Å². The van der Waals surface area contributed by atoms with Crippen LogP contribution in [0, 0.1) is 17.2 Å². The minimum absolute atomic E-state index is 0.138. The molecule has 2 aromatic carbocycles. The van der Waals surface area contributed by atoms with Crippen LogP contribution in [-0.2, 0) is 18.3 Å². The molecule has 0 saturated heterocycles. The lowest BCUT2D eigenvalue weighted by molar-refractivity contribution is -0.123. The quantitative estimate of drug-likeness (QED) is 0.637. The molecule has 2 heterocycles. The van der Waals surface area contributed by atoms with Crippen molar-refractivity contribution in [3.63, 3.8) is 0 Å². The molecule has 1 aromatic heterocycles. The van der Waals surface area contributed by atoms with Crippen molar-refractivity contribution >= 4 is 17.0 Å². The predicted octanol–water partition coefficient (Wildman–Crippen LogP) is 2.12. The zero-order chi connectivity index (χ0) is 21.1. The Bertz CT molecular complexity index is 1200. The summed E-state index contributed by atoms with van der Waals surface area (Å²) in [6.45, 7) is 1.35. The van der Waals surface area contributed by atoms with Crippen molar-refractivity contribution < 1.29 is 9.21 Å². The Balaban J connectivity index is 1.46. The van der Waals surface area contributed by atoms with Crippen molar-refractivity contribution in [1.82, 2.24) is 15.2 Å². The molecular formula is C23H22N4O3. The van der Waals surface area contributed by atoms with E-state index >= 15 is 0 Å². The molecule has 1 aliphatic heterocycles. The predicted molar refractivity (Wildman–Crippen MR) is 114 cm³/mol. The molecule has 3 aromatic rings. The van der Waals surface area contributed by atoms with E-state index in [0.717, 1.165) is 28.8 Å². The van der Waals surface area contributed by atoms with Gasteiger partial charge in [0.15, 0.2) is 5.58 Å². The van der Waals surface area contributed by atoms with Crippen LogP contribution in [0.15, 0.2) is 63.8 Å². The molecule has 0 aliphatic carbocycles. The topological polar surface area (TPSA) is 100 Å². The standard InChI is InChI=1S/C23H22N4O3/c1-27-20-12-17(8-9-21(20)30-23(27)29)16-6-4-15(5-7-16)11-19(13-24)26-22(28)18-3-2-10-25-14-18/h2-9,12,18-19,25H,10-11,14H2,1H3,(H,26,28)/t18?,19-/m0/s1. The van der Waals surface area contributed by atoms with Crippen molar-refractivity contribution in [2.24, 2.45) is 13.0 Å². The molecule has 0 radical (unpaired) electrons. The summed E-state index contributed by atoms with van der Waals surface area (Å²) >= 11 is 0. The van der Waals surface area contributed by atoms with Crippen LogP contribution in [-0.4, -0.2) is 29.6 Å². The highest BCUT2D eigenvalue weighted by atomic mass is 16.4. The Morgan fingerprint density at radius 3 is 2.77 bits per heavy atom. The van der Waals surface area contributed by atoms with E-state index in [9.17, 15) is 14.9 Å². The van der Waals surface area contributed by atoms with Gasteiger partial charge < -0.3 is 15.1 Å². The molecule has 1 unspecified atom stereocenters. The molecule has 2 atom stereocenters. The number of aryl methyl sites for hydroxylation is 1. The number of nitrogens with one attached hydrogen (secondary N) is 2. The van der Waals surface area contributed by atoms with E-state index in [0.29, 0.717) is 18.5 Å². The summed E-state index contributed by atoms with van der Waals surface area (Å²) in [5, 5.41) is 15.4. The van der Waals surface area contributed by atoms with Gasteiger partial charge in [0.1, 0.15) is 6.04 Å². The molecule has 0 fully saturated rings. The molecule has 2 N–H and O–H groups in total. The minimum atomic E-state index is -0.588. The summed E-state index contributed by atoms with van der Waals surface area (Å²) in [4.78, 5) is 24.0. The Hall–Kier alpha value is -3.63. The first-order chi connectivity index (χ1) is 14.5. The van der Waals surface area contributed by atoms with Gasteiger partial charge >= 0.3 is 5.76 Å². The number of nitrogens with zero attached hydrogens (tertiary/aromatic N) is 2. The second kappa shape index (κ2) is 8.39. The number of aromatic nitrogens is 1. The summed E-state index contributed by atoms with van der Waals surface area (Å²) in [5.74, 6) is -0.770. The normalized spacial score (nSPS) is 16.9. The highest BCUT2D eigenvalue weighted by molar-refractivity contribution is 5.82. The molecule has 0 saturated carbocycles. The molecular weight excluding hydrogens is 380 g/mol. The maximum atomic E-state index is 12.3. The van der Waals surface area contributed by atoms with E-state index in [-0.39, 0.29) is 17.6 Å². The molecule has 7 heteroatoms. The van der Waals surface area contributed by atoms with Gasteiger partial charge in [0.2, 0.25) is 5.91 Å². The zero-order valence-corrected chi connectivity index (χ0v) is 16.6. The van der Waals surface area contributed by atoms with Crippen LogP contribution in [0.3, 0.4) is 0 Å². The van der Waals surface area contributed by atoms with Gasteiger partial charge in [-0.15, -0.1) is 0 Å². The third-order valence-corrected chi connectivity index (χ3v) is 5.32. The third-order valence-electron chi connectivity index (χ3n) is 5.32. The van der Waals surface area contributed by atoms with E-state index in [1.165, 1.54) is 4.57 Å². The average Bonchev–Trinajstić information content (AvgIpc) is 3.07. The maximum Gasteiger partial charge on any atom is 0.419 e. The summed E-state index contributed by atoms with van der Waals surface area (Å²) in [6, 6.07) is 15.0. The summed E-state index contributed by atoms with van der Waals surface area (Å²) in [5.41, 5.74) is 4.20. The van der Waals surface area contributed by atoms with Crippen molar-refractivity contribution in [3.8, 4) is 17.2 Å². The van der Waals surface area contributed by atoms with Gasteiger partial charge in [-0.1, -0.05) is 42.5 Å². The molecule has 152 valence electrons. The lowest BCUT2D eigenvalue weighted by Crippen LogP contribution is -2.43. The van der Waals surface area contributed by atoms with Gasteiger partial charge in [-0.3, -0.25) is 9.36 Å². The monoisotopic (exact) mass is 402 g/mol. The van der Waals surface area contributed by atoms with Crippen LogP contribution in [0.25, 0.3) is 22.2 Å². The first-order valence-corrected chi connectivity index (χ1v) is 9.81. The fourth-order valence-electron chi connectivity index (χ4n) is 3.59. The first-order valence-electron chi connectivity index (χ1n) is 9.81. The van der Waals surface area contributed by atoms with Gasteiger partial charge in [-0.25, -0.2) is 4.79 Å². The van der Waals surface area contributed by atoms with E-state index in [1.54, 1.807) is 13.1 Å². The van der Waals surface area contributed by atoms with Crippen molar-refractivity contribution in [2.75, 3.05) is 13.1 Å². The third kappa shape index (κ3) is 4.04. The Morgan fingerprint density at radius 2 is 2.07 bits per heavy atom. The number of amides is 1. The van der Waals surface area contributed by atoms with Crippen molar-refractivity contribution in [1.29, 1.82) is 5.26 Å². The molecule has 4 rings (SSSR count). The number of benzene rings is 2. The van der Waals surface area contributed by atoms with Gasteiger partial charge in [-0.2, -0.15) is 5.26 Å². The fourth-order valence-corrected chi connectivity index (χ4v) is 3.59. The lowest BCUT2D eigenvalue weighted by Gasteiger charge is -2.19. The summed E-state index contributed by atoms with van der Waals surface area (Å²) in [6.07, 6.45) is 4.23. The Labute approximate surface area is 173 Å². The highest BCUT2D eigenvalue weighted by Gasteiger charge is 2.20. The molecule has 7 nitrogen and oxygen atoms in total. The summed E-state index contributed by atoms with van der Waals surface area (Å²) < 4.78 is 6.65. The van der Waals surface area contributed by atoms with Gasteiger partial charge in [-0.05, 0) is 28.8 Å². The van der Waals surface area contributed by atoms with Crippen LogP contribution in [0.5, 0.6) is 0 Å². The second-order valence-electron chi connectivity index (χ2n) is 7.39. The SMILES string of the molecule is Cn1c(=O)oc2ccc(-c3ccc(C[C@@H](C#N)NC(=O)C4C=CCNC4)cc3)cc21. The van der Waals surface area contributed by atoms with Crippen LogP contribution in [0.1, 0.15) is 5.56 Å². The van der Waals surface area contributed by atoms with E-state index in [2.05, 4.69) is 16.7 Å². The van der Waals surface area contributed by atoms with Crippen molar-refractivity contribution in [3.05, 3.63) is 70.7 Å². The van der Waals surface area contributed by atoms with E-state index in [1.807, 2.05) is 48.6 Å². The number of fused-ring (bicyclic) bond motifs is 1. The van der Waals surface area contributed by atoms with E-state index in [4.69, 9.17) is 4.42 Å². The smallest absolute Gasteiger partial charge is 0.408 e. The molecule has 30 heavy (non-hydrogen) atoms. The zero-order valence-electron chi connectivity index (χ0n) is 16.6. The minimum Gasteiger partial charge on any atom is -0.408 e. The first kappa shape index (κ1) is 19.7. The molecule has 1 amide bonds.